The van der Waals surface area contributed by atoms with Gasteiger partial charge in [-0.2, -0.15) is 13.2 Å². The first-order valence-corrected chi connectivity index (χ1v) is 8.46. The number of carbonyl (C=O) groups is 2. The van der Waals surface area contributed by atoms with Gasteiger partial charge in [0.1, 0.15) is 0 Å². The molecule has 24 heavy (non-hydrogen) atoms. The number of piperidine rings is 1. The topological polar surface area (TPSA) is 57.6 Å². The van der Waals surface area contributed by atoms with Crippen molar-refractivity contribution in [3.63, 3.8) is 0 Å². The molecule has 0 bridgehead atoms. The average Bonchev–Trinajstić information content (AvgIpc) is 2.52. The number of nitrogens with zero attached hydrogens (tertiary/aromatic N) is 1. The molecule has 1 amide bonds. The molecule has 1 N–H and O–H groups in total. The molecule has 8 heteroatoms. The van der Waals surface area contributed by atoms with Crippen LogP contribution in [-0.2, 0) is 4.79 Å². The number of thioether (sulfide) groups is 1. The third kappa shape index (κ3) is 5.43. The van der Waals surface area contributed by atoms with Crippen molar-refractivity contribution in [1.82, 2.24) is 4.90 Å². The minimum atomic E-state index is -4.36. The summed E-state index contributed by atoms with van der Waals surface area (Å²) in [6.07, 6.45) is 2.92. The maximum Gasteiger partial charge on any atom is 0.446 e. The fourth-order valence-electron chi connectivity index (χ4n) is 2.82. The Balaban J connectivity index is 2.06. The molecule has 1 aromatic rings. The van der Waals surface area contributed by atoms with Gasteiger partial charge in [-0.3, -0.25) is 9.59 Å². The Morgan fingerprint density at radius 3 is 2.46 bits per heavy atom. The molecule has 1 saturated heterocycles. The highest BCUT2D eigenvalue weighted by Crippen LogP contribution is 2.36. The average molecular weight is 361 g/mol. The molecule has 1 unspecified atom stereocenters. The molecule has 1 fully saturated rings. The van der Waals surface area contributed by atoms with E-state index in [0.29, 0.717) is 18.5 Å². The van der Waals surface area contributed by atoms with E-state index < -0.39 is 11.5 Å². The molecule has 0 radical (unpaired) electrons. The summed E-state index contributed by atoms with van der Waals surface area (Å²) >= 11 is -0.222. The smallest absolute Gasteiger partial charge is 0.446 e. The third-order valence-corrected chi connectivity index (χ3v) is 4.65. The number of carboxylic acid groups (broad SMARTS) is 1. The number of carbonyl (C=O) groups excluding carboxylic acids is 1. The Bertz CT molecular complexity index is 589. The van der Waals surface area contributed by atoms with E-state index in [-0.39, 0.29) is 35.0 Å². The molecule has 1 aliphatic rings. The van der Waals surface area contributed by atoms with Gasteiger partial charge in [0, 0.05) is 29.5 Å². The number of likely N-dealkylation sites (tertiary alicyclic amines) is 1. The van der Waals surface area contributed by atoms with E-state index in [2.05, 4.69) is 0 Å². The van der Waals surface area contributed by atoms with E-state index in [1.165, 1.54) is 24.3 Å². The lowest BCUT2D eigenvalue weighted by Gasteiger charge is -2.35. The lowest BCUT2D eigenvalue weighted by molar-refractivity contribution is -0.137. The Hall–Kier alpha value is -1.70. The molecule has 132 valence electrons. The summed E-state index contributed by atoms with van der Waals surface area (Å²) in [7, 11) is 0. The Morgan fingerprint density at radius 2 is 1.88 bits per heavy atom. The second-order valence-electron chi connectivity index (χ2n) is 5.65. The van der Waals surface area contributed by atoms with Crippen molar-refractivity contribution < 1.29 is 27.9 Å². The maximum absolute atomic E-state index is 12.6. The molecule has 2 rings (SSSR count). The van der Waals surface area contributed by atoms with E-state index in [1.807, 2.05) is 0 Å². The number of benzene rings is 1. The quantitative estimate of drug-likeness (QED) is 0.800. The van der Waals surface area contributed by atoms with Crippen LogP contribution in [0, 0.1) is 0 Å². The van der Waals surface area contributed by atoms with Gasteiger partial charge in [-0.15, -0.1) is 0 Å². The predicted molar refractivity (Wildman–Crippen MR) is 83.9 cm³/mol. The second kappa shape index (κ2) is 7.92. The number of carboxylic acids is 1. The van der Waals surface area contributed by atoms with Gasteiger partial charge >= 0.3 is 11.5 Å². The molecular formula is C16H18F3NO3S. The first-order valence-electron chi connectivity index (χ1n) is 7.65. The van der Waals surface area contributed by atoms with Gasteiger partial charge in [0.25, 0.3) is 5.91 Å². The van der Waals surface area contributed by atoms with Gasteiger partial charge in [0.2, 0.25) is 0 Å². The van der Waals surface area contributed by atoms with E-state index in [1.54, 1.807) is 4.90 Å². The van der Waals surface area contributed by atoms with E-state index in [9.17, 15) is 22.8 Å². The van der Waals surface area contributed by atoms with Crippen molar-refractivity contribution in [1.29, 1.82) is 0 Å². The van der Waals surface area contributed by atoms with E-state index >= 15 is 0 Å². The summed E-state index contributed by atoms with van der Waals surface area (Å²) < 4.78 is 37.0. The molecule has 0 spiro atoms. The molecule has 4 nitrogen and oxygen atoms in total. The number of halogens is 3. The summed E-state index contributed by atoms with van der Waals surface area (Å²) in [4.78, 5) is 25.0. The van der Waals surface area contributed by atoms with E-state index in [4.69, 9.17) is 5.11 Å². The monoisotopic (exact) mass is 361 g/mol. The van der Waals surface area contributed by atoms with E-state index in [0.717, 1.165) is 19.3 Å². The number of alkyl halides is 3. The Morgan fingerprint density at radius 1 is 1.21 bits per heavy atom. The molecule has 0 aliphatic carbocycles. The number of hydrogen-bond acceptors (Lipinski definition) is 3. The van der Waals surface area contributed by atoms with Crippen LogP contribution < -0.4 is 0 Å². The van der Waals surface area contributed by atoms with Crippen LogP contribution in [0.4, 0.5) is 13.2 Å². The minimum Gasteiger partial charge on any atom is -0.481 e. The number of aliphatic carboxylic acids is 1. The summed E-state index contributed by atoms with van der Waals surface area (Å²) in [6.45, 7) is 0.544. The van der Waals surface area contributed by atoms with Crippen molar-refractivity contribution in [3.8, 4) is 0 Å². The van der Waals surface area contributed by atoms with Gasteiger partial charge in [-0.1, -0.05) is 0 Å². The van der Waals surface area contributed by atoms with Gasteiger partial charge in [-0.05, 0) is 61.7 Å². The van der Waals surface area contributed by atoms with Crippen LogP contribution in [0.2, 0.25) is 0 Å². The SMILES string of the molecule is O=C(O)CCC1CCCCN1C(=O)c1ccc(SC(F)(F)F)cc1. The van der Waals surface area contributed by atoms with Gasteiger partial charge in [-0.25, -0.2) is 0 Å². The van der Waals surface area contributed by atoms with Gasteiger partial charge in [0.05, 0.1) is 0 Å². The van der Waals surface area contributed by atoms with Crippen LogP contribution in [0.1, 0.15) is 42.5 Å². The summed E-state index contributed by atoms with van der Waals surface area (Å²) in [5.41, 5.74) is -4.04. The molecule has 0 aromatic heterocycles. The highest BCUT2D eigenvalue weighted by atomic mass is 32.2. The summed E-state index contributed by atoms with van der Waals surface area (Å²) in [6, 6.07) is 5.20. The molecule has 1 aromatic carbocycles. The van der Waals surface area contributed by atoms with Crippen LogP contribution in [0.25, 0.3) is 0 Å². The lowest BCUT2D eigenvalue weighted by atomic mass is 9.97. The lowest BCUT2D eigenvalue weighted by Crippen LogP contribution is -2.43. The Labute approximate surface area is 142 Å². The Kier molecular flexibility index (Phi) is 6.15. The fourth-order valence-corrected chi connectivity index (χ4v) is 3.36. The van der Waals surface area contributed by atoms with Crippen LogP contribution in [0.15, 0.2) is 29.2 Å². The minimum absolute atomic E-state index is 0.00436. The molecular weight excluding hydrogens is 343 g/mol. The fraction of sp³-hybridized carbons (Fsp3) is 0.500. The van der Waals surface area contributed by atoms with Crippen LogP contribution in [-0.4, -0.2) is 40.0 Å². The first-order chi connectivity index (χ1) is 11.3. The van der Waals surface area contributed by atoms with Crippen LogP contribution >= 0.6 is 11.8 Å². The van der Waals surface area contributed by atoms with Crippen molar-refractivity contribution >= 4 is 23.6 Å². The van der Waals surface area contributed by atoms with Crippen LogP contribution in [0.3, 0.4) is 0 Å². The highest BCUT2D eigenvalue weighted by molar-refractivity contribution is 8.00. The molecule has 1 aliphatic heterocycles. The zero-order valence-corrected chi connectivity index (χ0v) is 13.7. The standard InChI is InChI=1S/C16H18F3NO3S/c17-16(18,19)24-13-7-4-11(5-8-13)15(23)20-10-2-1-3-12(20)6-9-14(21)22/h4-5,7-8,12H,1-3,6,9-10H2,(H,21,22). The van der Waals surface area contributed by atoms with Crippen molar-refractivity contribution in [2.45, 2.75) is 48.5 Å². The number of hydrogen-bond donors (Lipinski definition) is 1. The second-order valence-corrected chi connectivity index (χ2v) is 6.79. The number of amides is 1. The van der Waals surface area contributed by atoms with Crippen molar-refractivity contribution in [3.05, 3.63) is 29.8 Å². The number of rotatable bonds is 5. The maximum atomic E-state index is 12.6. The molecule has 0 saturated carbocycles. The largest absolute Gasteiger partial charge is 0.481 e. The van der Waals surface area contributed by atoms with Gasteiger partial charge in [0.15, 0.2) is 0 Å². The highest BCUT2D eigenvalue weighted by Gasteiger charge is 2.30. The van der Waals surface area contributed by atoms with Gasteiger partial charge < -0.3 is 10.0 Å². The zero-order valence-electron chi connectivity index (χ0n) is 12.9. The van der Waals surface area contributed by atoms with Crippen molar-refractivity contribution in [2.24, 2.45) is 0 Å². The zero-order chi connectivity index (χ0) is 17.7. The summed E-state index contributed by atoms with van der Waals surface area (Å²) in [5, 5.41) is 8.81. The molecule has 1 heterocycles. The summed E-state index contributed by atoms with van der Waals surface area (Å²) in [5.74, 6) is -1.16. The normalized spacial score (nSPS) is 18.5. The van der Waals surface area contributed by atoms with Crippen molar-refractivity contribution in [2.75, 3.05) is 6.54 Å². The van der Waals surface area contributed by atoms with Crippen LogP contribution in [0.5, 0.6) is 0 Å². The molecule has 1 atom stereocenters. The predicted octanol–water partition coefficient (Wildman–Crippen LogP) is 4.16. The third-order valence-electron chi connectivity index (χ3n) is 3.91. The first kappa shape index (κ1) is 18.6.